The van der Waals surface area contributed by atoms with Crippen LogP contribution in [-0.2, 0) is 7.05 Å². The molecule has 1 N–H and O–H groups in total. The van der Waals surface area contributed by atoms with E-state index in [2.05, 4.69) is 37.3 Å². The second-order valence-corrected chi connectivity index (χ2v) is 4.37. The van der Waals surface area contributed by atoms with Crippen molar-refractivity contribution in [3.63, 3.8) is 0 Å². The largest absolute Gasteiger partial charge is 0.311 e. The maximum absolute atomic E-state index is 4.31. The van der Waals surface area contributed by atoms with Crippen molar-refractivity contribution in [1.29, 1.82) is 0 Å². The van der Waals surface area contributed by atoms with Gasteiger partial charge in [0.05, 0.1) is 5.69 Å². The van der Waals surface area contributed by atoms with Crippen molar-refractivity contribution in [2.24, 2.45) is 7.05 Å². The zero-order valence-electron chi connectivity index (χ0n) is 10.3. The summed E-state index contributed by atoms with van der Waals surface area (Å²) in [7, 11) is 1.95. The lowest BCUT2D eigenvalue weighted by Crippen LogP contribution is -2.24. The molecule has 0 unspecified atom stereocenters. The number of hydrogen-bond donors (Lipinski definition) is 1. The molecule has 1 heterocycles. The molecule has 0 aliphatic rings. The summed E-state index contributed by atoms with van der Waals surface area (Å²) in [5, 5.41) is 7.71. The number of hydrogen-bond acceptors (Lipinski definition) is 2. The van der Waals surface area contributed by atoms with Crippen LogP contribution in [0.5, 0.6) is 0 Å². The molecule has 1 aromatic rings. The summed E-state index contributed by atoms with van der Waals surface area (Å²) in [5.74, 6) is 0. The van der Waals surface area contributed by atoms with Gasteiger partial charge in [0.1, 0.15) is 0 Å². The Hall–Kier alpha value is -1.09. The Morgan fingerprint density at radius 3 is 2.73 bits per heavy atom. The highest BCUT2D eigenvalue weighted by atomic mass is 15.2. The van der Waals surface area contributed by atoms with Gasteiger partial charge in [-0.15, -0.1) is 0 Å². The number of rotatable bonds is 4. The smallest absolute Gasteiger partial charge is 0.0665 e. The normalized spacial score (nSPS) is 12.5. The zero-order chi connectivity index (χ0) is 11.4. The fourth-order valence-corrected chi connectivity index (χ4v) is 1.44. The van der Waals surface area contributed by atoms with E-state index in [0.717, 1.165) is 12.2 Å². The minimum Gasteiger partial charge on any atom is -0.311 e. The lowest BCUT2D eigenvalue weighted by atomic mass is 10.1. The highest BCUT2D eigenvalue weighted by molar-refractivity contribution is 5.53. The lowest BCUT2D eigenvalue weighted by molar-refractivity contribution is 0.623. The monoisotopic (exact) mass is 207 g/mol. The van der Waals surface area contributed by atoms with Crippen LogP contribution in [-0.4, -0.2) is 22.4 Å². The van der Waals surface area contributed by atoms with E-state index in [1.807, 2.05) is 24.9 Å². The van der Waals surface area contributed by atoms with Gasteiger partial charge in [0.25, 0.3) is 0 Å². The highest BCUT2D eigenvalue weighted by Crippen LogP contribution is 2.09. The van der Waals surface area contributed by atoms with Crippen LogP contribution in [0.15, 0.2) is 11.8 Å². The van der Waals surface area contributed by atoms with E-state index in [-0.39, 0.29) is 0 Å². The van der Waals surface area contributed by atoms with Crippen molar-refractivity contribution < 1.29 is 0 Å². The Balaban J connectivity index is 2.65. The summed E-state index contributed by atoms with van der Waals surface area (Å²) >= 11 is 0. The summed E-state index contributed by atoms with van der Waals surface area (Å²) in [6, 6.07) is 0.531. The summed E-state index contributed by atoms with van der Waals surface area (Å²) < 4.78 is 1.85. The molecule has 3 heteroatoms. The molecular formula is C12H21N3. The van der Waals surface area contributed by atoms with Gasteiger partial charge in [0.15, 0.2) is 0 Å². The summed E-state index contributed by atoms with van der Waals surface area (Å²) in [6.45, 7) is 9.42. The van der Waals surface area contributed by atoms with Crippen LogP contribution in [0.25, 0.3) is 6.08 Å². The first-order valence-corrected chi connectivity index (χ1v) is 5.40. The molecule has 0 bridgehead atoms. The summed E-state index contributed by atoms with van der Waals surface area (Å²) in [5.41, 5.74) is 3.63. The van der Waals surface area contributed by atoms with Crippen molar-refractivity contribution in [2.45, 2.75) is 33.7 Å². The van der Waals surface area contributed by atoms with Gasteiger partial charge in [0.2, 0.25) is 0 Å². The summed E-state index contributed by atoms with van der Waals surface area (Å²) in [6.07, 6.45) is 4.24. The van der Waals surface area contributed by atoms with Crippen LogP contribution in [0.4, 0.5) is 0 Å². The quantitative estimate of drug-likeness (QED) is 0.819. The third-order valence-electron chi connectivity index (χ3n) is 2.24. The SMILES string of the molecule is CC(=Cc1cn(C)nc1C)CNC(C)C. The Bertz CT molecular complexity index is 348. The lowest BCUT2D eigenvalue weighted by Gasteiger charge is -2.07. The average molecular weight is 207 g/mol. The van der Waals surface area contributed by atoms with Gasteiger partial charge < -0.3 is 5.32 Å². The van der Waals surface area contributed by atoms with Crippen molar-refractivity contribution in [3.05, 3.63) is 23.0 Å². The molecule has 0 spiro atoms. The molecule has 0 amide bonds. The van der Waals surface area contributed by atoms with E-state index in [0.29, 0.717) is 6.04 Å². The maximum Gasteiger partial charge on any atom is 0.0665 e. The van der Waals surface area contributed by atoms with E-state index in [1.54, 1.807) is 0 Å². The van der Waals surface area contributed by atoms with E-state index in [1.165, 1.54) is 11.1 Å². The Labute approximate surface area is 92.2 Å². The predicted octanol–water partition coefficient (Wildman–Crippen LogP) is 2.13. The molecule has 0 atom stereocenters. The first kappa shape index (κ1) is 12.0. The molecule has 0 fully saturated rings. The first-order valence-electron chi connectivity index (χ1n) is 5.40. The Morgan fingerprint density at radius 1 is 1.60 bits per heavy atom. The molecule has 0 saturated carbocycles. The Morgan fingerprint density at radius 2 is 2.27 bits per heavy atom. The standard InChI is InChI=1S/C12H21N3/c1-9(2)13-7-10(3)6-12-8-15(5)14-11(12)4/h6,8-9,13H,7H2,1-5H3. The number of aryl methyl sites for hydroxylation is 2. The topological polar surface area (TPSA) is 29.9 Å². The molecule has 0 aliphatic heterocycles. The van der Waals surface area contributed by atoms with E-state index in [9.17, 15) is 0 Å². The first-order chi connectivity index (χ1) is 6.99. The molecular weight excluding hydrogens is 186 g/mol. The van der Waals surface area contributed by atoms with Crippen molar-refractivity contribution in [3.8, 4) is 0 Å². The molecule has 3 nitrogen and oxygen atoms in total. The molecule has 0 saturated heterocycles. The van der Waals surface area contributed by atoms with Gasteiger partial charge in [-0.05, 0) is 13.8 Å². The van der Waals surface area contributed by atoms with Gasteiger partial charge in [-0.3, -0.25) is 4.68 Å². The molecule has 1 rings (SSSR count). The van der Waals surface area contributed by atoms with Gasteiger partial charge in [-0.25, -0.2) is 0 Å². The van der Waals surface area contributed by atoms with Gasteiger partial charge in [0, 0.05) is 31.4 Å². The third kappa shape index (κ3) is 3.88. The van der Waals surface area contributed by atoms with E-state index in [4.69, 9.17) is 0 Å². The van der Waals surface area contributed by atoms with Gasteiger partial charge in [-0.1, -0.05) is 25.5 Å². The van der Waals surface area contributed by atoms with Crippen LogP contribution in [0.2, 0.25) is 0 Å². The third-order valence-corrected chi connectivity index (χ3v) is 2.24. The molecule has 0 aliphatic carbocycles. The van der Waals surface area contributed by atoms with Crippen LogP contribution < -0.4 is 5.32 Å². The minimum absolute atomic E-state index is 0.531. The minimum atomic E-state index is 0.531. The summed E-state index contributed by atoms with van der Waals surface area (Å²) in [4.78, 5) is 0. The zero-order valence-corrected chi connectivity index (χ0v) is 10.3. The van der Waals surface area contributed by atoms with Gasteiger partial charge in [-0.2, -0.15) is 5.10 Å². The Kier molecular flexibility index (Phi) is 4.09. The molecule has 15 heavy (non-hydrogen) atoms. The molecule has 0 aromatic carbocycles. The van der Waals surface area contributed by atoms with Crippen molar-refractivity contribution >= 4 is 6.08 Å². The van der Waals surface area contributed by atoms with E-state index >= 15 is 0 Å². The fourth-order valence-electron chi connectivity index (χ4n) is 1.44. The van der Waals surface area contributed by atoms with Crippen LogP contribution in [0, 0.1) is 6.92 Å². The van der Waals surface area contributed by atoms with Crippen LogP contribution in [0.3, 0.4) is 0 Å². The van der Waals surface area contributed by atoms with Crippen LogP contribution >= 0.6 is 0 Å². The highest BCUT2D eigenvalue weighted by Gasteiger charge is 2.00. The molecule has 0 radical (unpaired) electrons. The average Bonchev–Trinajstić information content (AvgIpc) is 2.42. The van der Waals surface area contributed by atoms with Gasteiger partial charge >= 0.3 is 0 Å². The van der Waals surface area contributed by atoms with Crippen molar-refractivity contribution in [1.82, 2.24) is 15.1 Å². The number of nitrogens with one attached hydrogen (secondary N) is 1. The number of aromatic nitrogens is 2. The number of nitrogens with zero attached hydrogens (tertiary/aromatic N) is 2. The van der Waals surface area contributed by atoms with E-state index < -0.39 is 0 Å². The molecule has 84 valence electrons. The van der Waals surface area contributed by atoms with Crippen LogP contribution in [0.1, 0.15) is 32.0 Å². The fraction of sp³-hybridized carbons (Fsp3) is 0.583. The predicted molar refractivity (Wildman–Crippen MR) is 64.7 cm³/mol. The maximum atomic E-state index is 4.31. The second kappa shape index (κ2) is 5.12. The molecule has 1 aromatic heterocycles. The van der Waals surface area contributed by atoms with Crippen molar-refractivity contribution in [2.75, 3.05) is 6.54 Å². The second-order valence-electron chi connectivity index (χ2n) is 4.37.